The summed E-state index contributed by atoms with van der Waals surface area (Å²) in [7, 11) is -4.73. The summed E-state index contributed by atoms with van der Waals surface area (Å²) in [6.07, 6.45) is 19.1. The molecule has 0 saturated heterocycles. The summed E-state index contributed by atoms with van der Waals surface area (Å²) in [4.78, 5) is 24.7. The predicted molar refractivity (Wildman–Crippen MR) is 206 cm³/mol. The lowest BCUT2D eigenvalue weighted by atomic mass is 10.0. The second kappa shape index (κ2) is 21.2. The molecule has 1 heterocycles. The van der Waals surface area contributed by atoms with Crippen LogP contribution in [-0.4, -0.2) is 36.5 Å². The number of rotatable bonds is 23. The number of nitrogens with one attached hydrogen (secondary N) is 1. The number of hydrazone groups is 1. The average Bonchev–Trinajstić information content (AvgIpc) is 3.43. The first kappa shape index (κ1) is 40.4. The molecule has 0 fully saturated rings. The predicted octanol–water partition coefficient (Wildman–Crippen LogP) is 10.8. The van der Waals surface area contributed by atoms with Crippen molar-refractivity contribution in [2.24, 2.45) is 15.3 Å². The topological polar surface area (TPSA) is 150 Å². The molecule has 3 aromatic carbocycles. The quantitative estimate of drug-likeness (QED) is 0.0563. The van der Waals surface area contributed by atoms with Gasteiger partial charge in [-0.05, 0) is 67.4 Å². The van der Waals surface area contributed by atoms with Crippen LogP contribution in [0, 0.1) is 0 Å². The fraction of sp³-hybridized carbons (Fsp3) is 0.475. The molecule has 0 spiro atoms. The Morgan fingerprint density at radius 1 is 0.827 bits per heavy atom. The van der Waals surface area contributed by atoms with Crippen LogP contribution in [0.1, 0.15) is 117 Å². The van der Waals surface area contributed by atoms with Gasteiger partial charge in [0.1, 0.15) is 16.4 Å². The number of amides is 2. The molecule has 0 bridgehead atoms. The van der Waals surface area contributed by atoms with Crippen LogP contribution in [0.5, 0.6) is 11.5 Å². The average molecular weight is 732 g/mol. The number of ether oxygens (including phenoxy) is 1. The van der Waals surface area contributed by atoms with E-state index >= 15 is 0 Å². The van der Waals surface area contributed by atoms with Crippen LogP contribution in [0.2, 0.25) is 0 Å². The summed E-state index contributed by atoms with van der Waals surface area (Å²) >= 11 is 0. The van der Waals surface area contributed by atoms with Gasteiger partial charge < -0.3 is 10.1 Å². The van der Waals surface area contributed by atoms with E-state index in [1.165, 1.54) is 102 Å². The Hall–Kier alpha value is -4.42. The van der Waals surface area contributed by atoms with E-state index in [4.69, 9.17) is 4.74 Å². The summed E-state index contributed by atoms with van der Waals surface area (Å²) in [5.41, 5.74) is 1.77. The van der Waals surface area contributed by atoms with E-state index in [0.29, 0.717) is 29.3 Å². The van der Waals surface area contributed by atoms with Gasteiger partial charge in [-0.3, -0.25) is 14.1 Å². The molecule has 11 nitrogen and oxygen atoms in total. The van der Waals surface area contributed by atoms with Gasteiger partial charge in [-0.2, -0.15) is 28.8 Å². The van der Waals surface area contributed by atoms with E-state index in [9.17, 15) is 22.6 Å². The van der Waals surface area contributed by atoms with Gasteiger partial charge in [0, 0.05) is 12.6 Å². The van der Waals surface area contributed by atoms with Gasteiger partial charge in [-0.15, -0.1) is 0 Å². The number of azo groups is 1. The Morgan fingerprint density at radius 2 is 1.40 bits per heavy atom. The number of hydrogen-bond acceptors (Lipinski definition) is 8. The maximum absolute atomic E-state index is 13.8. The highest BCUT2D eigenvalue weighted by Gasteiger charge is 2.37. The smallest absolute Gasteiger partial charge is 0.298 e. The zero-order chi connectivity index (χ0) is 37.2. The fourth-order valence-corrected chi connectivity index (χ4v) is 6.76. The molecule has 52 heavy (non-hydrogen) atoms. The van der Waals surface area contributed by atoms with Crippen molar-refractivity contribution in [1.82, 2.24) is 0 Å². The van der Waals surface area contributed by atoms with Gasteiger partial charge in [0.2, 0.25) is 5.91 Å². The van der Waals surface area contributed by atoms with Gasteiger partial charge in [0.15, 0.2) is 6.04 Å². The minimum absolute atomic E-state index is 0.0925. The molecule has 0 radical (unpaired) electrons. The third-order valence-electron chi connectivity index (χ3n) is 8.92. The summed E-state index contributed by atoms with van der Waals surface area (Å²) < 4.78 is 40.6. The van der Waals surface area contributed by atoms with Crippen LogP contribution in [0.15, 0.2) is 93.0 Å². The second-order valence-electron chi connectivity index (χ2n) is 13.3. The first-order valence-corrected chi connectivity index (χ1v) is 20.1. The number of benzene rings is 3. The third kappa shape index (κ3) is 13.3. The fourth-order valence-electron chi connectivity index (χ4n) is 6.12. The second-order valence-corrected chi connectivity index (χ2v) is 14.7. The summed E-state index contributed by atoms with van der Waals surface area (Å²) in [6.45, 7) is 3.68. The lowest BCUT2D eigenvalue weighted by Crippen LogP contribution is -2.30. The number of carbonyl (C=O) groups is 2. The maximum Gasteiger partial charge on any atom is 0.298 e. The molecule has 12 heteroatoms. The third-order valence-corrected chi connectivity index (χ3v) is 9.80. The zero-order valence-electron chi connectivity index (χ0n) is 30.5. The summed E-state index contributed by atoms with van der Waals surface area (Å²) in [5, 5.41) is 17.1. The van der Waals surface area contributed by atoms with Crippen molar-refractivity contribution >= 4 is 44.7 Å². The Bertz CT molecular complexity index is 1750. The molecule has 0 saturated carbocycles. The lowest BCUT2D eigenvalue weighted by Gasteiger charge is -2.15. The highest BCUT2D eigenvalue weighted by molar-refractivity contribution is 7.86. The Morgan fingerprint density at radius 3 is 1.96 bits per heavy atom. The van der Waals surface area contributed by atoms with E-state index in [1.54, 1.807) is 54.6 Å². The number of carbonyl (C=O) groups excluding carboxylic acids is 2. The van der Waals surface area contributed by atoms with Crippen LogP contribution in [0.25, 0.3) is 0 Å². The largest absolute Gasteiger partial charge is 0.456 e. The van der Waals surface area contributed by atoms with Crippen molar-refractivity contribution in [3.05, 3.63) is 72.8 Å². The van der Waals surface area contributed by atoms with Gasteiger partial charge in [0.05, 0.1) is 17.1 Å². The number of anilines is 2. The molecule has 4 rings (SSSR count). The highest BCUT2D eigenvalue weighted by Crippen LogP contribution is 2.34. The van der Waals surface area contributed by atoms with Crippen LogP contribution in [-0.2, 0) is 19.7 Å². The van der Waals surface area contributed by atoms with Crippen molar-refractivity contribution in [3.8, 4) is 11.5 Å². The maximum atomic E-state index is 13.8. The van der Waals surface area contributed by atoms with Crippen molar-refractivity contribution in [3.63, 3.8) is 0 Å². The first-order chi connectivity index (χ1) is 25.2. The number of unbranched alkanes of at least 4 members (excludes halogenated alkanes) is 14. The van der Waals surface area contributed by atoms with Crippen molar-refractivity contribution < 1.29 is 27.3 Å². The monoisotopic (exact) mass is 731 g/mol. The molecule has 280 valence electrons. The Kier molecular flexibility index (Phi) is 16.4. The van der Waals surface area contributed by atoms with E-state index in [-0.39, 0.29) is 17.3 Å². The molecule has 3 aromatic rings. The van der Waals surface area contributed by atoms with Gasteiger partial charge in [-0.1, -0.05) is 115 Å². The molecular formula is C40H53N5O6S. The highest BCUT2D eigenvalue weighted by atomic mass is 32.2. The molecule has 0 unspecified atom stereocenters. The van der Waals surface area contributed by atoms with E-state index in [2.05, 4.69) is 27.6 Å². The van der Waals surface area contributed by atoms with Crippen LogP contribution in [0.4, 0.5) is 17.1 Å². The SMILES string of the molecule is CCCCCCCCCCCCCCCCCC1=NN(c2ccc(Oc3ccccc3)c(S(=O)(=O)O)c2)C(=O)[C@H]1N=Nc1ccc(NC(C)=O)cc1. The van der Waals surface area contributed by atoms with Crippen molar-refractivity contribution in [2.45, 2.75) is 128 Å². The van der Waals surface area contributed by atoms with Gasteiger partial charge in [-0.25, -0.2) is 0 Å². The molecule has 2 amide bonds. The number of nitrogens with zero attached hydrogens (tertiary/aromatic N) is 4. The number of para-hydroxylation sites is 1. The summed E-state index contributed by atoms with van der Waals surface area (Å²) in [5.74, 6) is -0.396. The van der Waals surface area contributed by atoms with Crippen LogP contribution >= 0.6 is 0 Å². The molecule has 2 N–H and O–H groups in total. The van der Waals surface area contributed by atoms with Crippen molar-refractivity contribution in [2.75, 3.05) is 10.3 Å². The van der Waals surface area contributed by atoms with Crippen LogP contribution in [0.3, 0.4) is 0 Å². The Balaban J connectivity index is 1.38. The van der Waals surface area contributed by atoms with Gasteiger partial charge in [0.25, 0.3) is 16.0 Å². The van der Waals surface area contributed by atoms with E-state index in [0.717, 1.165) is 24.3 Å². The lowest BCUT2D eigenvalue weighted by molar-refractivity contribution is -0.118. The molecule has 1 aliphatic rings. The minimum atomic E-state index is -4.73. The van der Waals surface area contributed by atoms with Gasteiger partial charge >= 0.3 is 0 Å². The minimum Gasteiger partial charge on any atom is -0.456 e. The summed E-state index contributed by atoms with van der Waals surface area (Å²) in [6, 6.07) is 18.4. The molecule has 0 aromatic heterocycles. The molecule has 1 atom stereocenters. The molecule has 0 aliphatic carbocycles. The number of hydrogen-bond donors (Lipinski definition) is 2. The normalized spacial score (nSPS) is 14.6. The standard InChI is InChI=1S/C40H53N5O6S/c1-3-4-5-6-7-8-9-10-11-12-13-14-15-16-20-23-36-39(43-42-33-26-24-32(25-27-33)41-31(2)46)40(47)45(44-36)34-28-29-37(38(30-34)52(48,49)50)51-35-21-18-17-19-22-35/h17-19,21-22,24-30,39H,3-16,20,23H2,1-2H3,(H,41,46)(H,48,49,50)/t39-/m0/s1. The first-order valence-electron chi connectivity index (χ1n) is 18.7. The Labute approximate surface area is 308 Å². The zero-order valence-corrected chi connectivity index (χ0v) is 31.3. The van der Waals surface area contributed by atoms with Crippen molar-refractivity contribution in [1.29, 1.82) is 0 Å². The molecule has 1 aliphatic heterocycles. The molecular weight excluding hydrogens is 679 g/mol. The van der Waals surface area contributed by atoms with E-state index < -0.39 is 27.0 Å². The van der Waals surface area contributed by atoms with E-state index in [1.807, 2.05) is 0 Å². The van der Waals surface area contributed by atoms with Crippen LogP contribution < -0.4 is 15.1 Å².